The highest BCUT2D eigenvalue weighted by Gasteiger charge is 2.37. The Bertz CT molecular complexity index is 3350. The van der Waals surface area contributed by atoms with Crippen molar-refractivity contribution >= 4 is 49.6 Å². The van der Waals surface area contributed by atoms with Crippen LogP contribution in [0.4, 0.5) is 22.4 Å². The Kier molecular flexibility index (Phi) is 16.5. The van der Waals surface area contributed by atoms with Crippen LogP contribution in [0, 0.1) is 23.3 Å². The van der Waals surface area contributed by atoms with Gasteiger partial charge in [-0.3, -0.25) is 0 Å². The second-order valence-corrected chi connectivity index (χ2v) is 23.4. The van der Waals surface area contributed by atoms with Gasteiger partial charge >= 0.3 is 6.09 Å². The molecule has 9 nitrogen and oxygen atoms in total. The van der Waals surface area contributed by atoms with Crippen molar-refractivity contribution in [3.8, 4) is 11.5 Å². The number of thioether (sulfide) groups is 1. The quantitative estimate of drug-likeness (QED) is 0.0399. The summed E-state index contributed by atoms with van der Waals surface area (Å²) in [6.45, 7) is 18.6. The summed E-state index contributed by atoms with van der Waals surface area (Å²) in [5, 5.41) is 3.59. The van der Waals surface area contributed by atoms with Gasteiger partial charge in [0.1, 0.15) is 18.1 Å². The van der Waals surface area contributed by atoms with Gasteiger partial charge in [-0.05, 0) is 112 Å². The number of alkyl carbamates (subject to hydrolysis) is 1. The van der Waals surface area contributed by atoms with Gasteiger partial charge in [0.15, 0.2) is 28.2 Å². The fourth-order valence-electron chi connectivity index (χ4n) is 9.06. The van der Waals surface area contributed by atoms with Crippen LogP contribution in [-0.2, 0) is 31.2 Å². The summed E-state index contributed by atoms with van der Waals surface area (Å²) in [5.41, 5.74) is 8.71. The molecule has 2 N–H and O–H groups in total. The second-order valence-electron chi connectivity index (χ2n) is 18.8. The Labute approximate surface area is 423 Å². The van der Waals surface area contributed by atoms with E-state index >= 15 is 17.6 Å². The molecule has 72 heavy (non-hydrogen) atoms. The summed E-state index contributed by atoms with van der Waals surface area (Å²) in [6.07, 6.45) is 1.82. The highest BCUT2D eigenvalue weighted by atomic mass is 32.3. The third kappa shape index (κ3) is 11.2. The molecule has 1 aliphatic heterocycles. The molecule has 0 unspecified atom stereocenters. The van der Waals surface area contributed by atoms with Gasteiger partial charge in [0.05, 0.1) is 9.79 Å². The van der Waals surface area contributed by atoms with Crippen LogP contribution in [0.25, 0.3) is 11.6 Å². The number of nitrogens with one attached hydrogen (secondary N) is 2. The molecule has 0 saturated carbocycles. The number of ether oxygens (including phenoxy) is 2. The van der Waals surface area contributed by atoms with E-state index in [2.05, 4.69) is 103 Å². The van der Waals surface area contributed by atoms with E-state index in [0.717, 1.165) is 33.5 Å². The molecule has 0 fully saturated rings. The average molecular weight is 1040 g/mol. The van der Waals surface area contributed by atoms with Crippen LogP contribution in [0.2, 0.25) is 0 Å². The molecule has 0 bridgehead atoms. The first-order valence-electron chi connectivity index (χ1n) is 23.7. The summed E-state index contributed by atoms with van der Waals surface area (Å²) < 4.78 is 132. The van der Waals surface area contributed by atoms with Gasteiger partial charge in [-0.1, -0.05) is 128 Å². The standard InChI is InChI=1S/C56H58F4N2O7S3/c1-10-61-56(63)68-25-26-70-54-50(57)52(59)55(53(60)51(54)58)72(66,67)62-71(64,65)48-20-12-11-15-43(48)49-41-23-21-35(27-44-37(31(2)3)16-13-17-38(44)32(4)5)29-46(41)69-47-30-36(22-24-42(47)49)28-45-39(33(6)7)18-14-19-40(45)34(8)9/h11-24,27,29-34,62H,10,25-26,28H2,1-9H3,(H,61,63)/b35-27+. The van der Waals surface area contributed by atoms with Crippen LogP contribution >= 0.6 is 11.8 Å². The van der Waals surface area contributed by atoms with Gasteiger partial charge in [0, 0.05) is 34.2 Å². The van der Waals surface area contributed by atoms with Crippen molar-refractivity contribution in [2.24, 2.45) is 0 Å². The highest BCUT2D eigenvalue weighted by Crippen LogP contribution is 2.41. The second kappa shape index (κ2) is 22.0. The monoisotopic (exact) mass is 1040 g/mol. The van der Waals surface area contributed by atoms with Crippen LogP contribution < -0.4 is 24.6 Å². The van der Waals surface area contributed by atoms with Crippen molar-refractivity contribution in [3.05, 3.63) is 181 Å². The largest absolute Gasteiger partial charge is 0.456 e. The van der Waals surface area contributed by atoms with E-state index in [1.165, 1.54) is 33.0 Å². The predicted octanol–water partition coefficient (Wildman–Crippen LogP) is 12.0. The highest BCUT2D eigenvalue weighted by molar-refractivity contribution is 8.04. The summed E-state index contributed by atoms with van der Waals surface area (Å²) in [4.78, 5) is 7.56. The zero-order valence-electron chi connectivity index (χ0n) is 41.5. The summed E-state index contributed by atoms with van der Waals surface area (Å²) in [7, 11) is -11.2. The van der Waals surface area contributed by atoms with E-state index in [-0.39, 0.29) is 53.3 Å². The average Bonchev–Trinajstić information content (AvgIpc) is 3.31. The smallest absolute Gasteiger partial charge is 0.407 e. The lowest BCUT2D eigenvalue weighted by atomic mass is 9.85. The maximum Gasteiger partial charge on any atom is 0.407 e. The Balaban J connectivity index is 1.37. The van der Waals surface area contributed by atoms with Crippen molar-refractivity contribution in [1.82, 2.24) is 9.44 Å². The zero-order chi connectivity index (χ0) is 52.4. The third-order valence-corrected chi connectivity index (χ3v) is 17.0. The van der Waals surface area contributed by atoms with Crippen LogP contribution in [0.1, 0.15) is 136 Å². The molecule has 1 heterocycles. The zero-order valence-corrected chi connectivity index (χ0v) is 44.0. The number of carbonyl (C=O) groups is 1. The van der Waals surface area contributed by atoms with Gasteiger partial charge in [0.2, 0.25) is 0 Å². The number of amides is 1. The molecule has 0 aliphatic carbocycles. The van der Waals surface area contributed by atoms with Crippen LogP contribution in [0.15, 0.2) is 112 Å². The fourth-order valence-corrected chi connectivity index (χ4v) is 13.1. The number of rotatable bonds is 17. The van der Waals surface area contributed by atoms with E-state index in [4.69, 9.17) is 9.47 Å². The normalized spacial score (nSPS) is 13.0. The number of benzene rings is 6. The molecule has 0 radical (unpaired) electrons. The minimum atomic E-state index is -5.90. The molecular formula is C56H58F4N2O7S3. The number of hydrogen-bond donors (Lipinski definition) is 2. The van der Waals surface area contributed by atoms with Crippen molar-refractivity contribution < 1.29 is 48.7 Å². The lowest BCUT2D eigenvalue weighted by Crippen LogP contribution is -2.33. The molecule has 0 saturated heterocycles. The Morgan fingerprint density at radius 2 is 1.25 bits per heavy atom. The third-order valence-electron chi connectivity index (χ3n) is 12.4. The molecule has 380 valence electrons. The first kappa shape index (κ1) is 53.8. The molecule has 0 atom stereocenters. The molecule has 6 aromatic rings. The van der Waals surface area contributed by atoms with E-state index in [0.29, 0.717) is 34.3 Å². The van der Waals surface area contributed by atoms with Gasteiger partial charge in [-0.2, -0.15) is 0 Å². The minimum absolute atomic E-state index is 0.00475. The molecule has 1 aliphatic rings. The summed E-state index contributed by atoms with van der Waals surface area (Å²) in [5.74, 6) is -7.57. The van der Waals surface area contributed by atoms with Crippen LogP contribution in [-0.4, -0.2) is 41.8 Å². The maximum atomic E-state index is 15.7. The predicted molar refractivity (Wildman–Crippen MR) is 275 cm³/mol. The molecule has 16 heteroatoms. The molecule has 0 aromatic heterocycles. The number of hydrogen-bond acceptors (Lipinski definition) is 8. The topological polar surface area (TPSA) is 128 Å². The van der Waals surface area contributed by atoms with Crippen molar-refractivity contribution in [3.63, 3.8) is 0 Å². The lowest BCUT2D eigenvalue weighted by molar-refractivity contribution is 0.154. The first-order chi connectivity index (χ1) is 34.1. The minimum Gasteiger partial charge on any atom is -0.456 e. The van der Waals surface area contributed by atoms with Crippen molar-refractivity contribution in [2.75, 3.05) is 18.9 Å². The van der Waals surface area contributed by atoms with Gasteiger partial charge in [-0.25, -0.2) is 39.2 Å². The summed E-state index contributed by atoms with van der Waals surface area (Å²) in [6, 6.07) is 29.3. The Morgan fingerprint density at radius 3 is 1.83 bits per heavy atom. The number of halogens is 4. The Morgan fingerprint density at radius 1 is 0.667 bits per heavy atom. The van der Waals surface area contributed by atoms with Crippen LogP contribution in [0.3, 0.4) is 0 Å². The number of fused-ring (bicyclic) bond motifs is 2. The molecule has 6 aromatic carbocycles. The van der Waals surface area contributed by atoms with Gasteiger partial charge in [-0.15, -0.1) is 15.9 Å². The molecular weight excluding hydrogens is 985 g/mol. The number of carbonyl (C=O) groups excluding carboxylic acids is 1. The van der Waals surface area contributed by atoms with Crippen molar-refractivity contribution in [1.29, 1.82) is 0 Å². The van der Waals surface area contributed by atoms with E-state index in [1.807, 2.05) is 30.3 Å². The summed E-state index contributed by atoms with van der Waals surface area (Å²) >= 11 is 0.223. The first-order valence-corrected chi connectivity index (χ1v) is 27.7. The van der Waals surface area contributed by atoms with Gasteiger partial charge in [0.25, 0.3) is 20.0 Å². The lowest BCUT2D eigenvalue weighted by Gasteiger charge is -2.24. The SMILES string of the molecule is CCNC(=O)OCCSc1c(F)c(F)c(S(=O)(=O)NS(=O)(=O)c2ccccc2C2=c3cc/c(=C\c4c(C(C)C)cccc4C(C)C)cc3Oc3cc(Cc4c(C(C)C)cccc4C(C)C)ccc32)c(F)c1F. The van der Waals surface area contributed by atoms with E-state index < -0.39 is 70.7 Å². The molecule has 0 spiro atoms. The van der Waals surface area contributed by atoms with Gasteiger partial charge < -0.3 is 14.8 Å². The Hall–Kier alpha value is -5.94. The van der Waals surface area contributed by atoms with E-state index in [9.17, 15) is 21.6 Å². The van der Waals surface area contributed by atoms with Crippen molar-refractivity contribution in [2.45, 2.75) is 107 Å². The van der Waals surface area contributed by atoms with E-state index in [1.54, 1.807) is 19.1 Å². The number of sulfonamides is 2. The maximum absolute atomic E-state index is 15.7. The molecule has 1 amide bonds. The fraction of sp³-hybridized carbons (Fsp3) is 0.304. The van der Waals surface area contributed by atoms with Crippen LogP contribution in [0.5, 0.6) is 11.5 Å². The molecule has 7 rings (SSSR count).